The Kier molecular flexibility index (Phi) is 6.19. The van der Waals surface area contributed by atoms with Gasteiger partial charge in [0, 0.05) is 13.1 Å². The third-order valence-electron chi connectivity index (χ3n) is 6.08. The van der Waals surface area contributed by atoms with Crippen LogP contribution >= 0.6 is 0 Å². The number of nitrogens with zero attached hydrogens (tertiary/aromatic N) is 4. The molecule has 0 aliphatic heterocycles. The summed E-state index contributed by atoms with van der Waals surface area (Å²) < 4.78 is 10.9. The van der Waals surface area contributed by atoms with Crippen molar-refractivity contribution in [3.05, 3.63) is 63.1 Å². The van der Waals surface area contributed by atoms with Gasteiger partial charge in [-0.1, -0.05) is 51.1 Å². The Morgan fingerprint density at radius 2 is 1.73 bits per heavy atom. The Balaban J connectivity index is 2.00. The summed E-state index contributed by atoms with van der Waals surface area (Å²) in [6, 6.07) is 9.90. The molecule has 0 radical (unpaired) electrons. The summed E-state index contributed by atoms with van der Waals surface area (Å²) in [5, 5.41) is 0.0900. The molecular weight excluding hydrogens is 396 g/mol. The lowest BCUT2D eigenvalue weighted by atomic mass is 10.2. The maximum Gasteiger partial charge on any atom is 0.332 e. The van der Waals surface area contributed by atoms with Crippen LogP contribution in [0.25, 0.3) is 11.2 Å². The Morgan fingerprint density at radius 3 is 2.33 bits per heavy atom. The number of hydrogen-bond acceptors (Lipinski definition) is 4. The average molecular weight is 429 g/mol. The number of rotatable bonds is 7. The number of imidazole rings is 1. The molecule has 0 spiro atoms. The highest BCUT2D eigenvalue weighted by Crippen LogP contribution is 2.36. The first kappa shape index (κ1) is 22.2. The molecule has 0 unspecified atom stereocenters. The lowest BCUT2D eigenvalue weighted by Crippen LogP contribution is -2.43. The molecule has 0 bridgehead atoms. The molecule has 3 rings (SSSR count). The van der Waals surface area contributed by atoms with Gasteiger partial charge in [-0.25, -0.2) is 9.78 Å². The van der Waals surface area contributed by atoms with Crippen LogP contribution < -0.4 is 11.2 Å². The molecule has 0 saturated heterocycles. The van der Waals surface area contributed by atoms with E-state index in [1.807, 2.05) is 41.8 Å². The van der Waals surface area contributed by atoms with E-state index >= 15 is 0 Å². The van der Waals surface area contributed by atoms with Crippen molar-refractivity contribution in [1.82, 2.24) is 18.7 Å². The largest absolute Gasteiger partial charge is 0.415 e. The zero-order chi connectivity index (χ0) is 22.1. The van der Waals surface area contributed by atoms with Crippen molar-refractivity contribution >= 4 is 19.5 Å². The normalized spacial score (nSPS) is 12.6. The smallest absolute Gasteiger partial charge is 0.332 e. The van der Waals surface area contributed by atoms with E-state index in [2.05, 4.69) is 38.8 Å². The fourth-order valence-electron chi connectivity index (χ4n) is 3.23. The SMILES string of the molecule is CCn1c(=O)c2c(ncn2Cc2ccccc2)n(CCO[Si](C)(C)C(C)(C)C)c1=O. The summed E-state index contributed by atoms with van der Waals surface area (Å²) in [7, 11) is -1.93. The number of hydrogen-bond donors (Lipinski definition) is 0. The number of aromatic nitrogens is 4. The molecule has 8 heteroatoms. The van der Waals surface area contributed by atoms with Crippen LogP contribution in [0.5, 0.6) is 0 Å². The van der Waals surface area contributed by atoms with Crippen LogP contribution in [0, 0.1) is 0 Å². The second-order valence-electron chi connectivity index (χ2n) is 9.12. The average Bonchev–Trinajstić information content (AvgIpc) is 3.08. The van der Waals surface area contributed by atoms with E-state index in [1.54, 1.807) is 10.9 Å². The maximum atomic E-state index is 13.0. The van der Waals surface area contributed by atoms with E-state index in [-0.39, 0.29) is 16.3 Å². The van der Waals surface area contributed by atoms with E-state index in [1.165, 1.54) is 4.57 Å². The molecule has 7 nitrogen and oxygen atoms in total. The van der Waals surface area contributed by atoms with E-state index in [0.29, 0.717) is 37.4 Å². The van der Waals surface area contributed by atoms with Crippen molar-refractivity contribution in [3.8, 4) is 0 Å². The summed E-state index contributed by atoms with van der Waals surface area (Å²) in [6.07, 6.45) is 1.64. The van der Waals surface area contributed by atoms with Crippen LogP contribution in [0.15, 0.2) is 46.2 Å². The van der Waals surface area contributed by atoms with Crippen LogP contribution in [0.2, 0.25) is 18.1 Å². The van der Waals surface area contributed by atoms with Crippen LogP contribution in [-0.2, 0) is 24.1 Å². The Morgan fingerprint density at radius 1 is 1.07 bits per heavy atom. The minimum absolute atomic E-state index is 0.0900. The molecular formula is C22H32N4O3Si. The van der Waals surface area contributed by atoms with Crippen molar-refractivity contribution in [1.29, 1.82) is 0 Å². The molecule has 2 heterocycles. The minimum Gasteiger partial charge on any atom is -0.415 e. The zero-order valence-electron chi connectivity index (χ0n) is 18.8. The topological polar surface area (TPSA) is 71.1 Å². The molecule has 0 aliphatic carbocycles. The van der Waals surface area contributed by atoms with Crippen LogP contribution in [-0.4, -0.2) is 33.6 Å². The molecule has 0 amide bonds. The highest BCUT2D eigenvalue weighted by molar-refractivity contribution is 6.74. The Bertz CT molecular complexity index is 1140. The summed E-state index contributed by atoms with van der Waals surface area (Å²) in [6.45, 7) is 14.4. The van der Waals surface area contributed by atoms with Gasteiger partial charge in [-0.15, -0.1) is 0 Å². The highest BCUT2D eigenvalue weighted by Gasteiger charge is 2.37. The maximum absolute atomic E-state index is 13.0. The van der Waals surface area contributed by atoms with Crippen LogP contribution in [0.1, 0.15) is 33.3 Å². The summed E-state index contributed by atoms with van der Waals surface area (Å²) in [5.74, 6) is 0. The van der Waals surface area contributed by atoms with Gasteiger partial charge in [-0.2, -0.15) is 0 Å². The summed E-state index contributed by atoms with van der Waals surface area (Å²) in [5.41, 5.74) is 1.31. The molecule has 0 atom stereocenters. The first-order valence-electron chi connectivity index (χ1n) is 10.4. The molecule has 0 N–H and O–H groups in total. The van der Waals surface area contributed by atoms with Crippen molar-refractivity contribution in [2.45, 2.75) is 65.5 Å². The fraction of sp³-hybridized carbons (Fsp3) is 0.500. The van der Waals surface area contributed by atoms with E-state index in [4.69, 9.17) is 4.43 Å². The standard InChI is InChI=1S/C22H32N4O3Si/c1-7-25-20(27)18-19(23-16-24(18)15-17-11-9-8-10-12-17)26(21(25)28)13-14-29-30(5,6)22(2,3)4/h8-12,16H,7,13-15H2,1-6H3. The second kappa shape index (κ2) is 8.35. The first-order chi connectivity index (χ1) is 14.1. The van der Waals surface area contributed by atoms with Gasteiger partial charge in [-0.05, 0) is 30.6 Å². The molecule has 0 saturated carbocycles. The molecule has 0 fully saturated rings. The Hall–Kier alpha value is -2.45. The summed E-state index contributed by atoms with van der Waals surface area (Å²) in [4.78, 5) is 30.5. The van der Waals surface area contributed by atoms with Crippen LogP contribution in [0.4, 0.5) is 0 Å². The fourth-order valence-corrected chi connectivity index (χ4v) is 4.26. The third kappa shape index (κ3) is 4.20. The molecule has 162 valence electrons. The van der Waals surface area contributed by atoms with Gasteiger partial charge >= 0.3 is 5.69 Å². The van der Waals surface area contributed by atoms with Gasteiger partial charge in [-0.3, -0.25) is 13.9 Å². The quantitative estimate of drug-likeness (QED) is 0.541. The second-order valence-corrected chi connectivity index (χ2v) is 13.9. The van der Waals surface area contributed by atoms with Gasteiger partial charge in [0.2, 0.25) is 0 Å². The van der Waals surface area contributed by atoms with Gasteiger partial charge in [0.25, 0.3) is 5.56 Å². The first-order valence-corrected chi connectivity index (χ1v) is 13.3. The van der Waals surface area contributed by atoms with Gasteiger partial charge in [0.15, 0.2) is 19.5 Å². The van der Waals surface area contributed by atoms with Gasteiger partial charge < -0.3 is 8.99 Å². The molecule has 30 heavy (non-hydrogen) atoms. The van der Waals surface area contributed by atoms with E-state index in [0.717, 1.165) is 5.56 Å². The van der Waals surface area contributed by atoms with Crippen LogP contribution in [0.3, 0.4) is 0 Å². The van der Waals surface area contributed by atoms with Crippen molar-refractivity contribution in [2.24, 2.45) is 0 Å². The van der Waals surface area contributed by atoms with Crippen molar-refractivity contribution in [3.63, 3.8) is 0 Å². The lowest BCUT2D eigenvalue weighted by molar-refractivity contribution is 0.270. The molecule has 0 aliphatic rings. The van der Waals surface area contributed by atoms with Gasteiger partial charge in [0.05, 0.1) is 19.5 Å². The number of fused-ring (bicyclic) bond motifs is 1. The predicted octanol–water partition coefficient (Wildman–Crippen LogP) is 3.45. The van der Waals surface area contributed by atoms with E-state index < -0.39 is 8.32 Å². The third-order valence-corrected chi connectivity index (χ3v) is 10.6. The van der Waals surface area contributed by atoms with Crippen molar-refractivity contribution < 1.29 is 4.43 Å². The van der Waals surface area contributed by atoms with Gasteiger partial charge in [0.1, 0.15) is 0 Å². The highest BCUT2D eigenvalue weighted by atomic mass is 28.4. The van der Waals surface area contributed by atoms with Crippen molar-refractivity contribution in [2.75, 3.05) is 6.61 Å². The summed E-state index contributed by atoms with van der Waals surface area (Å²) >= 11 is 0. The van der Waals surface area contributed by atoms with E-state index in [9.17, 15) is 9.59 Å². The lowest BCUT2D eigenvalue weighted by Gasteiger charge is -2.36. The molecule has 3 aromatic rings. The Labute approximate surface area is 178 Å². The molecule has 1 aromatic carbocycles. The predicted molar refractivity (Wildman–Crippen MR) is 123 cm³/mol. The monoisotopic (exact) mass is 428 g/mol. The zero-order valence-corrected chi connectivity index (χ0v) is 19.8. The minimum atomic E-state index is -1.93. The molecule has 2 aromatic heterocycles. The number of benzene rings is 1.